The van der Waals surface area contributed by atoms with Gasteiger partial charge in [0, 0.05) is 18.7 Å². The zero-order valence-corrected chi connectivity index (χ0v) is 11.5. The number of rotatable bonds is 4. The first-order valence-corrected chi connectivity index (χ1v) is 6.54. The molecule has 1 fully saturated rings. The molecule has 0 unspecified atom stereocenters. The molecule has 1 N–H and O–H groups in total. The summed E-state index contributed by atoms with van der Waals surface area (Å²) in [5, 5.41) is 14.4. The number of nitrogens with zero attached hydrogens (tertiary/aromatic N) is 1. The Labute approximate surface area is 115 Å². The van der Waals surface area contributed by atoms with Gasteiger partial charge in [0.25, 0.3) is 5.69 Å². The van der Waals surface area contributed by atoms with Crippen molar-refractivity contribution in [2.45, 2.75) is 26.2 Å². The smallest absolute Gasteiger partial charge is 0.272 e. The summed E-state index contributed by atoms with van der Waals surface area (Å²) in [6.07, 6.45) is 3.62. The van der Waals surface area contributed by atoms with Crippen LogP contribution in [0, 0.1) is 15.5 Å². The number of nitro benzene ring substituents is 1. The molecule has 0 aliphatic heterocycles. The number of benzene rings is 1. The Morgan fingerprint density at radius 3 is 2.33 bits per heavy atom. The summed E-state index contributed by atoms with van der Waals surface area (Å²) in [5.41, 5.74) is 0.775. The fourth-order valence-electron chi connectivity index (χ4n) is 2.09. The summed E-state index contributed by atoms with van der Waals surface area (Å²) in [6.45, 7) is 2.99. The minimum absolute atomic E-state index is 0.0922. The van der Waals surface area contributed by atoms with Crippen molar-refractivity contribution < 1.29 is 4.92 Å². The third-order valence-electron chi connectivity index (χ3n) is 3.49. The van der Waals surface area contributed by atoms with Crippen LogP contribution < -0.4 is 5.32 Å². The second kappa shape index (κ2) is 4.94. The van der Waals surface area contributed by atoms with E-state index in [9.17, 15) is 10.1 Å². The first kappa shape index (κ1) is 13.4. The Bertz CT molecular complexity index is 464. The molecular weight excluding hydrogens is 275 g/mol. The molecule has 0 bridgehead atoms. The Balaban J connectivity index is 2.15. The quantitative estimate of drug-likeness (QED) is 0.655. The van der Waals surface area contributed by atoms with E-state index in [-0.39, 0.29) is 21.1 Å². The summed E-state index contributed by atoms with van der Waals surface area (Å²) in [7, 11) is 0. The van der Waals surface area contributed by atoms with Crippen LogP contribution in [-0.2, 0) is 0 Å². The van der Waals surface area contributed by atoms with Gasteiger partial charge in [-0.1, -0.05) is 36.5 Å². The number of hydrogen-bond donors (Lipinski definition) is 1. The normalized spacial score (nSPS) is 17.1. The number of hydrogen-bond acceptors (Lipinski definition) is 3. The van der Waals surface area contributed by atoms with E-state index in [1.54, 1.807) is 0 Å². The predicted octanol–water partition coefficient (Wildman–Crippen LogP) is 4.50. The molecule has 4 nitrogen and oxygen atoms in total. The molecule has 0 amide bonds. The monoisotopic (exact) mass is 288 g/mol. The van der Waals surface area contributed by atoms with Gasteiger partial charge in [-0.15, -0.1) is 0 Å². The topological polar surface area (TPSA) is 55.2 Å². The Kier molecular flexibility index (Phi) is 3.69. The number of nitro groups is 1. The zero-order chi connectivity index (χ0) is 13.3. The van der Waals surface area contributed by atoms with Gasteiger partial charge in [0.2, 0.25) is 0 Å². The van der Waals surface area contributed by atoms with Gasteiger partial charge in [-0.25, -0.2) is 0 Å². The summed E-state index contributed by atoms with van der Waals surface area (Å²) < 4.78 is 0. The van der Waals surface area contributed by atoms with E-state index in [4.69, 9.17) is 23.2 Å². The molecule has 0 atom stereocenters. The second-order valence-corrected chi connectivity index (χ2v) is 5.87. The summed E-state index contributed by atoms with van der Waals surface area (Å²) in [6, 6.07) is 2.64. The van der Waals surface area contributed by atoms with Crippen LogP contribution in [0.1, 0.15) is 26.2 Å². The molecule has 1 saturated carbocycles. The molecule has 98 valence electrons. The van der Waals surface area contributed by atoms with Gasteiger partial charge in [-0.3, -0.25) is 10.1 Å². The van der Waals surface area contributed by atoms with Crippen LogP contribution in [0.25, 0.3) is 0 Å². The molecule has 0 heterocycles. The van der Waals surface area contributed by atoms with E-state index in [1.165, 1.54) is 31.4 Å². The van der Waals surface area contributed by atoms with E-state index >= 15 is 0 Å². The highest BCUT2D eigenvalue weighted by atomic mass is 35.5. The van der Waals surface area contributed by atoms with E-state index < -0.39 is 4.92 Å². The highest BCUT2D eigenvalue weighted by molar-refractivity contribution is 6.39. The van der Waals surface area contributed by atoms with Crippen LogP contribution in [0.3, 0.4) is 0 Å². The SMILES string of the molecule is CC1(CNc2c(Cl)cc([N+](=O)[O-])cc2Cl)CCC1. The van der Waals surface area contributed by atoms with Crippen molar-refractivity contribution in [3.63, 3.8) is 0 Å². The average molecular weight is 289 g/mol. The number of non-ortho nitro benzene ring substituents is 1. The highest BCUT2D eigenvalue weighted by Gasteiger charge is 2.31. The molecule has 0 spiro atoms. The Morgan fingerprint density at radius 2 is 1.94 bits per heavy atom. The van der Waals surface area contributed by atoms with Gasteiger partial charge in [0.1, 0.15) is 0 Å². The standard InChI is InChI=1S/C12H14Cl2N2O2/c1-12(3-2-4-12)7-15-11-9(13)5-8(16(17)18)6-10(11)14/h5-6,15H,2-4,7H2,1H3. The summed E-state index contributed by atoms with van der Waals surface area (Å²) >= 11 is 12.0. The van der Waals surface area contributed by atoms with Crippen LogP contribution in [-0.4, -0.2) is 11.5 Å². The fourth-order valence-corrected chi connectivity index (χ4v) is 2.70. The van der Waals surface area contributed by atoms with Gasteiger partial charge < -0.3 is 5.32 Å². The molecule has 0 aromatic heterocycles. The maximum absolute atomic E-state index is 10.7. The van der Waals surface area contributed by atoms with Crippen molar-refractivity contribution in [2.75, 3.05) is 11.9 Å². The molecule has 0 saturated heterocycles. The lowest BCUT2D eigenvalue weighted by molar-refractivity contribution is -0.384. The van der Waals surface area contributed by atoms with Crippen LogP contribution in [0.2, 0.25) is 10.0 Å². The van der Waals surface area contributed by atoms with Gasteiger partial charge in [-0.2, -0.15) is 0 Å². The summed E-state index contributed by atoms with van der Waals surface area (Å²) in [5.74, 6) is 0. The molecule has 1 aliphatic carbocycles. The lowest BCUT2D eigenvalue weighted by Gasteiger charge is -2.38. The molecule has 0 radical (unpaired) electrons. The van der Waals surface area contributed by atoms with E-state index in [0.717, 1.165) is 6.54 Å². The fraction of sp³-hybridized carbons (Fsp3) is 0.500. The van der Waals surface area contributed by atoms with Crippen molar-refractivity contribution in [2.24, 2.45) is 5.41 Å². The second-order valence-electron chi connectivity index (χ2n) is 5.06. The van der Waals surface area contributed by atoms with Gasteiger partial charge >= 0.3 is 0 Å². The first-order valence-electron chi connectivity index (χ1n) is 5.79. The highest BCUT2D eigenvalue weighted by Crippen LogP contribution is 2.42. The van der Waals surface area contributed by atoms with E-state index in [2.05, 4.69) is 12.2 Å². The first-order chi connectivity index (χ1) is 8.41. The lowest BCUT2D eigenvalue weighted by atomic mass is 9.70. The molecule has 6 heteroatoms. The van der Waals surface area contributed by atoms with Crippen LogP contribution in [0.15, 0.2) is 12.1 Å². The molecule has 1 aliphatic rings. The Morgan fingerprint density at radius 1 is 1.39 bits per heavy atom. The minimum Gasteiger partial charge on any atom is -0.382 e. The summed E-state index contributed by atoms with van der Waals surface area (Å²) in [4.78, 5) is 10.2. The van der Waals surface area contributed by atoms with Crippen LogP contribution >= 0.6 is 23.2 Å². The van der Waals surface area contributed by atoms with Gasteiger partial charge in [-0.05, 0) is 18.3 Å². The largest absolute Gasteiger partial charge is 0.382 e. The lowest BCUT2D eigenvalue weighted by Crippen LogP contribution is -2.33. The zero-order valence-electron chi connectivity index (χ0n) is 10.0. The average Bonchev–Trinajstić information content (AvgIpc) is 2.25. The maximum atomic E-state index is 10.7. The van der Waals surface area contributed by atoms with Gasteiger partial charge in [0.15, 0.2) is 0 Å². The van der Waals surface area contributed by atoms with Gasteiger partial charge in [0.05, 0.1) is 20.7 Å². The minimum atomic E-state index is -0.505. The molecule has 1 aromatic carbocycles. The van der Waals surface area contributed by atoms with E-state index in [1.807, 2.05) is 0 Å². The molecular formula is C12H14Cl2N2O2. The van der Waals surface area contributed by atoms with Crippen LogP contribution in [0.4, 0.5) is 11.4 Å². The van der Waals surface area contributed by atoms with Crippen molar-refractivity contribution in [1.29, 1.82) is 0 Å². The molecule has 1 aromatic rings. The number of nitrogens with one attached hydrogen (secondary N) is 1. The molecule has 2 rings (SSSR count). The van der Waals surface area contributed by atoms with Crippen molar-refractivity contribution in [3.8, 4) is 0 Å². The van der Waals surface area contributed by atoms with Crippen molar-refractivity contribution in [3.05, 3.63) is 32.3 Å². The van der Waals surface area contributed by atoms with E-state index in [0.29, 0.717) is 5.69 Å². The van der Waals surface area contributed by atoms with Crippen molar-refractivity contribution >= 4 is 34.6 Å². The third kappa shape index (κ3) is 2.70. The van der Waals surface area contributed by atoms with Crippen LogP contribution in [0.5, 0.6) is 0 Å². The Hall–Kier alpha value is -1.00. The molecule has 18 heavy (non-hydrogen) atoms. The number of halogens is 2. The number of anilines is 1. The maximum Gasteiger partial charge on any atom is 0.272 e. The third-order valence-corrected chi connectivity index (χ3v) is 4.09. The predicted molar refractivity (Wildman–Crippen MR) is 73.6 cm³/mol. The van der Waals surface area contributed by atoms with Crippen molar-refractivity contribution in [1.82, 2.24) is 0 Å².